The average molecular weight is 210 g/mol. The van der Waals surface area contributed by atoms with E-state index in [9.17, 15) is 14.3 Å². The van der Waals surface area contributed by atoms with E-state index in [1.54, 1.807) is 0 Å². The van der Waals surface area contributed by atoms with Gasteiger partial charge in [0.15, 0.2) is 0 Å². The zero-order chi connectivity index (χ0) is 11.1. The molecule has 0 aliphatic heterocycles. The van der Waals surface area contributed by atoms with Gasteiger partial charge in [0, 0.05) is 0 Å². The Balaban J connectivity index is 2.13. The van der Waals surface area contributed by atoms with Crippen LogP contribution in [-0.4, -0.2) is 16.2 Å². The molecule has 15 heavy (non-hydrogen) atoms. The average Bonchev–Trinajstić information content (AvgIpc) is 2.13. The highest BCUT2D eigenvalue weighted by Gasteiger charge is 2.47. The molecule has 1 fully saturated rings. The maximum Gasteiger partial charge on any atom is 0.306 e. The molecular formula is C11H11FO3. The van der Waals surface area contributed by atoms with Crippen molar-refractivity contribution in [3.8, 4) is 0 Å². The fourth-order valence-corrected chi connectivity index (χ4v) is 1.93. The molecule has 1 aromatic carbocycles. The van der Waals surface area contributed by atoms with Crippen LogP contribution in [0.25, 0.3) is 0 Å². The van der Waals surface area contributed by atoms with Crippen molar-refractivity contribution in [3.63, 3.8) is 0 Å². The second-order valence-corrected chi connectivity index (χ2v) is 3.98. The van der Waals surface area contributed by atoms with Crippen LogP contribution in [0.3, 0.4) is 0 Å². The van der Waals surface area contributed by atoms with Gasteiger partial charge in [-0.25, -0.2) is 4.39 Å². The van der Waals surface area contributed by atoms with E-state index in [1.807, 2.05) is 0 Å². The summed E-state index contributed by atoms with van der Waals surface area (Å²) < 4.78 is 12.6. The highest BCUT2D eigenvalue weighted by Crippen LogP contribution is 2.45. The lowest BCUT2D eigenvalue weighted by Crippen LogP contribution is -2.44. The van der Waals surface area contributed by atoms with E-state index < -0.39 is 17.5 Å². The molecular weight excluding hydrogens is 199 g/mol. The summed E-state index contributed by atoms with van der Waals surface area (Å²) in [5, 5.41) is 18.7. The van der Waals surface area contributed by atoms with Crippen LogP contribution in [0.2, 0.25) is 0 Å². The van der Waals surface area contributed by atoms with Crippen LogP contribution in [0, 0.1) is 11.7 Å². The number of halogens is 1. The van der Waals surface area contributed by atoms with E-state index in [-0.39, 0.29) is 18.7 Å². The summed E-state index contributed by atoms with van der Waals surface area (Å²) >= 11 is 0. The summed E-state index contributed by atoms with van der Waals surface area (Å²) in [5.74, 6) is -1.74. The summed E-state index contributed by atoms with van der Waals surface area (Å²) in [6.07, 6.45) is 0.405. The first kappa shape index (κ1) is 10.1. The number of carboxylic acids is 1. The molecule has 4 heteroatoms. The van der Waals surface area contributed by atoms with Crippen LogP contribution < -0.4 is 0 Å². The van der Waals surface area contributed by atoms with Crippen LogP contribution in [0.1, 0.15) is 18.4 Å². The van der Waals surface area contributed by atoms with E-state index in [1.165, 1.54) is 24.3 Å². The van der Waals surface area contributed by atoms with E-state index in [0.29, 0.717) is 5.56 Å². The number of rotatable bonds is 2. The van der Waals surface area contributed by atoms with Crippen LogP contribution >= 0.6 is 0 Å². The van der Waals surface area contributed by atoms with Gasteiger partial charge >= 0.3 is 5.97 Å². The Hall–Kier alpha value is -1.42. The third-order valence-corrected chi connectivity index (χ3v) is 2.90. The first-order valence-corrected chi connectivity index (χ1v) is 4.72. The van der Waals surface area contributed by atoms with Crippen molar-refractivity contribution in [2.75, 3.05) is 0 Å². The smallest absolute Gasteiger partial charge is 0.306 e. The van der Waals surface area contributed by atoms with Crippen molar-refractivity contribution in [1.82, 2.24) is 0 Å². The highest BCUT2D eigenvalue weighted by molar-refractivity contribution is 5.71. The third kappa shape index (κ3) is 1.72. The molecule has 0 unspecified atom stereocenters. The predicted molar refractivity (Wildman–Crippen MR) is 50.7 cm³/mol. The second kappa shape index (κ2) is 3.31. The number of aliphatic carboxylic acids is 1. The molecule has 1 aromatic rings. The maximum absolute atomic E-state index is 12.6. The van der Waals surface area contributed by atoms with Crippen molar-refractivity contribution in [2.45, 2.75) is 18.4 Å². The monoisotopic (exact) mass is 210 g/mol. The van der Waals surface area contributed by atoms with Gasteiger partial charge in [0.2, 0.25) is 0 Å². The van der Waals surface area contributed by atoms with E-state index in [0.717, 1.165) is 0 Å². The first-order chi connectivity index (χ1) is 7.01. The van der Waals surface area contributed by atoms with Gasteiger partial charge in [-0.05, 0) is 30.5 Å². The fraction of sp³-hybridized carbons (Fsp3) is 0.364. The number of hydrogen-bond donors (Lipinski definition) is 2. The summed E-state index contributed by atoms with van der Waals surface area (Å²) in [4.78, 5) is 10.6. The topological polar surface area (TPSA) is 57.5 Å². The molecule has 80 valence electrons. The lowest BCUT2D eigenvalue weighted by molar-refractivity contribution is -0.159. The Morgan fingerprint density at radius 1 is 1.33 bits per heavy atom. The standard InChI is InChI=1S/C11H11FO3/c12-9-3-1-8(2-4-9)11(15)5-7(6-11)10(13)14/h1-4,7,15H,5-6H2,(H,13,14). The third-order valence-electron chi connectivity index (χ3n) is 2.90. The van der Waals surface area contributed by atoms with Gasteiger partial charge in [-0.2, -0.15) is 0 Å². The maximum atomic E-state index is 12.6. The molecule has 2 N–H and O–H groups in total. The Morgan fingerprint density at radius 2 is 1.87 bits per heavy atom. The lowest BCUT2D eigenvalue weighted by atomic mass is 9.67. The Kier molecular flexibility index (Phi) is 2.23. The molecule has 1 aliphatic rings. The summed E-state index contributed by atoms with van der Waals surface area (Å²) in [6.45, 7) is 0. The molecule has 0 aromatic heterocycles. The predicted octanol–water partition coefficient (Wildman–Crippen LogP) is 1.51. The van der Waals surface area contributed by atoms with Crippen molar-refractivity contribution in [1.29, 1.82) is 0 Å². The molecule has 0 bridgehead atoms. The van der Waals surface area contributed by atoms with Crippen LogP contribution in [0.15, 0.2) is 24.3 Å². The molecule has 0 radical (unpaired) electrons. The van der Waals surface area contributed by atoms with Gasteiger partial charge in [0.25, 0.3) is 0 Å². The number of hydrogen-bond acceptors (Lipinski definition) is 2. The zero-order valence-electron chi connectivity index (χ0n) is 7.98. The zero-order valence-corrected chi connectivity index (χ0v) is 7.98. The van der Waals surface area contributed by atoms with Crippen molar-refractivity contribution in [3.05, 3.63) is 35.6 Å². The van der Waals surface area contributed by atoms with Gasteiger partial charge in [-0.3, -0.25) is 4.79 Å². The number of carboxylic acid groups (broad SMARTS) is 1. The normalized spacial score (nSPS) is 29.6. The molecule has 2 rings (SSSR count). The lowest BCUT2D eigenvalue weighted by Gasteiger charge is -2.41. The minimum atomic E-state index is -1.09. The molecule has 0 heterocycles. The Bertz CT molecular complexity index is 379. The van der Waals surface area contributed by atoms with Crippen LogP contribution in [0.4, 0.5) is 4.39 Å². The van der Waals surface area contributed by atoms with Gasteiger partial charge in [0.05, 0.1) is 11.5 Å². The molecule has 0 amide bonds. The Labute approximate surface area is 86.2 Å². The number of carbonyl (C=O) groups is 1. The van der Waals surface area contributed by atoms with E-state index in [4.69, 9.17) is 5.11 Å². The fourth-order valence-electron chi connectivity index (χ4n) is 1.93. The highest BCUT2D eigenvalue weighted by atomic mass is 19.1. The van der Waals surface area contributed by atoms with Crippen molar-refractivity contribution in [2.24, 2.45) is 5.92 Å². The van der Waals surface area contributed by atoms with Gasteiger partial charge in [-0.15, -0.1) is 0 Å². The SMILES string of the molecule is O=C(O)C1CC(O)(c2ccc(F)cc2)C1. The van der Waals surface area contributed by atoms with Gasteiger partial charge in [0.1, 0.15) is 5.82 Å². The minimum absolute atomic E-state index is 0.202. The largest absolute Gasteiger partial charge is 0.481 e. The van der Waals surface area contributed by atoms with Crippen molar-refractivity contribution >= 4 is 5.97 Å². The number of aliphatic hydroxyl groups is 1. The summed E-state index contributed by atoms with van der Waals surface area (Å²) in [6, 6.07) is 5.52. The van der Waals surface area contributed by atoms with Gasteiger partial charge < -0.3 is 10.2 Å². The van der Waals surface area contributed by atoms with Crippen molar-refractivity contribution < 1.29 is 19.4 Å². The van der Waals surface area contributed by atoms with Gasteiger partial charge in [-0.1, -0.05) is 12.1 Å². The summed E-state index contributed by atoms with van der Waals surface area (Å²) in [5.41, 5.74) is -0.502. The summed E-state index contributed by atoms with van der Waals surface area (Å²) in [7, 11) is 0. The molecule has 3 nitrogen and oxygen atoms in total. The first-order valence-electron chi connectivity index (χ1n) is 4.72. The van der Waals surface area contributed by atoms with E-state index in [2.05, 4.69) is 0 Å². The molecule has 1 saturated carbocycles. The molecule has 1 aliphatic carbocycles. The molecule has 0 atom stereocenters. The minimum Gasteiger partial charge on any atom is -0.481 e. The number of benzene rings is 1. The Morgan fingerprint density at radius 3 is 2.33 bits per heavy atom. The molecule has 0 saturated heterocycles. The second-order valence-electron chi connectivity index (χ2n) is 3.98. The van der Waals surface area contributed by atoms with Crippen LogP contribution in [0.5, 0.6) is 0 Å². The quantitative estimate of drug-likeness (QED) is 0.777. The molecule has 0 spiro atoms. The van der Waals surface area contributed by atoms with Crippen LogP contribution in [-0.2, 0) is 10.4 Å². The van der Waals surface area contributed by atoms with E-state index >= 15 is 0 Å².